The summed E-state index contributed by atoms with van der Waals surface area (Å²) in [5, 5.41) is 0.643. The van der Waals surface area contributed by atoms with Gasteiger partial charge in [-0.15, -0.1) is 0 Å². The maximum absolute atomic E-state index is 5.94. The highest BCUT2D eigenvalue weighted by molar-refractivity contribution is 6.30. The molecule has 0 radical (unpaired) electrons. The standard InChI is InChI=1S/C18H13ClO2/c19-14-6-4-9-16(12-14)21-18-11-5-10-17(13-18)20-15-7-2-1-3-8-15/h1-13H. The molecule has 0 N–H and O–H groups in total. The molecule has 21 heavy (non-hydrogen) atoms. The van der Waals surface area contributed by atoms with E-state index < -0.39 is 0 Å². The Hall–Kier alpha value is -2.45. The molecule has 0 atom stereocenters. The maximum Gasteiger partial charge on any atom is 0.131 e. The predicted octanol–water partition coefficient (Wildman–Crippen LogP) is 5.92. The Bertz CT molecular complexity index is 726. The van der Waals surface area contributed by atoms with Crippen LogP contribution in [0.1, 0.15) is 0 Å². The number of ether oxygens (including phenoxy) is 2. The second kappa shape index (κ2) is 6.33. The third-order valence-corrected chi connectivity index (χ3v) is 3.05. The number of hydrogen-bond acceptors (Lipinski definition) is 2. The minimum absolute atomic E-state index is 0.643. The summed E-state index contributed by atoms with van der Waals surface area (Å²) in [5.41, 5.74) is 0. The lowest BCUT2D eigenvalue weighted by Gasteiger charge is -2.09. The van der Waals surface area contributed by atoms with Gasteiger partial charge in [0.15, 0.2) is 0 Å². The summed E-state index contributed by atoms with van der Waals surface area (Å²) in [6, 6.07) is 24.4. The van der Waals surface area contributed by atoms with Gasteiger partial charge >= 0.3 is 0 Å². The van der Waals surface area contributed by atoms with Gasteiger partial charge in [-0.1, -0.05) is 41.9 Å². The predicted molar refractivity (Wildman–Crippen MR) is 84.5 cm³/mol. The van der Waals surface area contributed by atoms with Crippen LogP contribution in [0.15, 0.2) is 78.9 Å². The minimum Gasteiger partial charge on any atom is -0.457 e. The number of para-hydroxylation sites is 1. The Morgan fingerprint density at radius 1 is 0.524 bits per heavy atom. The van der Waals surface area contributed by atoms with Gasteiger partial charge in [0.1, 0.15) is 23.0 Å². The van der Waals surface area contributed by atoms with Gasteiger partial charge in [0.05, 0.1) is 0 Å². The molecule has 3 heteroatoms. The smallest absolute Gasteiger partial charge is 0.131 e. The van der Waals surface area contributed by atoms with Crippen molar-refractivity contribution < 1.29 is 9.47 Å². The van der Waals surface area contributed by atoms with Crippen LogP contribution in [-0.2, 0) is 0 Å². The average Bonchev–Trinajstić information content (AvgIpc) is 2.49. The normalized spacial score (nSPS) is 10.1. The van der Waals surface area contributed by atoms with Crippen LogP contribution in [0.25, 0.3) is 0 Å². The molecule has 0 aliphatic heterocycles. The van der Waals surface area contributed by atoms with Crippen molar-refractivity contribution in [2.45, 2.75) is 0 Å². The van der Waals surface area contributed by atoms with E-state index in [1.165, 1.54) is 0 Å². The largest absolute Gasteiger partial charge is 0.457 e. The van der Waals surface area contributed by atoms with E-state index in [4.69, 9.17) is 21.1 Å². The molecule has 0 heterocycles. The SMILES string of the molecule is Clc1cccc(Oc2cccc(Oc3ccccc3)c2)c1. The van der Waals surface area contributed by atoms with Gasteiger partial charge in [0.25, 0.3) is 0 Å². The van der Waals surface area contributed by atoms with Crippen LogP contribution < -0.4 is 9.47 Å². The summed E-state index contributed by atoms with van der Waals surface area (Å²) < 4.78 is 11.5. The molecule has 0 saturated carbocycles. The minimum atomic E-state index is 0.643. The van der Waals surface area contributed by atoms with E-state index >= 15 is 0 Å². The third-order valence-electron chi connectivity index (χ3n) is 2.82. The van der Waals surface area contributed by atoms with Crippen LogP contribution in [0.3, 0.4) is 0 Å². The Morgan fingerprint density at radius 3 is 1.71 bits per heavy atom. The second-order valence-electron chi connectivity index (χ2n) is 4.45. The van der Waals surface area contributed by atoms with Crippen molar-refractivity contribution >= 4 is 11.6 Å². The second-order valence-corrected chi connectivity index (χ2v) is 4.89. The van der Waals surface area contributed by atoms with Crippen molar-refractivity contribution in [1.82, 2.24) is 0 Å². The van der Waals surface area contributed by atoms with Crippen LogP contribution in [0.4, 0.5) is 0 Å². The van der Waals surface area contributed by atoms with Gasteiger partial charge in [-0.2, -0.15) is 0 Å². The Labute approximate surface area is 128 Å². The molecule has 0 spiro atoms. The molecule has 2 nitrogen and oxygen atoms in total. The van der Waals surface area contributed by atoms with Crippen molar-refractivity contribution in [3.63, 3.8) is 0 Å². The molecule has 3 rings (SSSR count). The van der Waals surface area contributed by atoms with Crippen LogP contribution in [0, 0.1) is 0 Å². The zero-order valence-corrected chi connectivity index (χ0v) is 12.0. The summed E-state index contributed by atoms with van der Waals surface area (Å²) in [6.07, 6.45) is 0. The molecule has 0 bridgehead atoms. The zero-order chi connectivity index (χ0) is 14.5. The highest BCUT2D eigenvalue weighted by Gasteiger charge is 2.01. The average molecular weight is 297 g/mol. The monoisotopic (exact) mass is 296 g/mol. The highest BCUT2D eigenvalue weighted by atomic mass is 35.5. The molecule has 0 aliphatic carbocycles. The first-order valence-corrected chi connectivity index (χ1v) is 6.94. The van der Waals surface area contributed by atoms with Crippen molar-refractivity contribution in [1.29, 1.82) is 0 Å². The van der Waals surface area contributed by atoms with Gasteiger partial charge in [-0.3, -0.25) is 0 Å². The van der Waals surface area contributed by atoms with Gasteiger partial charge in [-0.05, 0) is 42.5 Å². The van der Waals surface area contributed by atoms with Gasteiger partial charge < -0.3 is 9.47 Å². The molecular weight excluding hydrogens is 284 g/mol. The van der Waals surface area contributed by atoms with E-state index in [1.54, 1.807) is 6.07 Å². The van der Waals surface area contributed by atoms with Gasteiger partial charge in [0.2, 0.25) is 0 Å². The molecule has 0 fully saturated rings. The zero-order valence-electron chi connectivity index (χ0n) is 11.2. The fraction of sp³-hybridized carbons (Fsp3) is 0. The quantitative estimate of drug-likeness (QED) is 0.594. The summed E-state index contributed by atoms with van der Waals surface area (Å²) in [5.74, 6) is 2.91. The van der Waals surface area contributed by atoms with E-state index in [1.807, 2.05) is 72.8 Å². The van der Waals surface area contributed by atoms with Crippen LogP contribution in [-0.4, -0.2) is 0 Å². The lowest BCUT2D eigenvalue weighted by Crippen LogP contribution is -1.87. The first-order chi connectivity index (χ1) is 10.3. The topological polar surface area (TPSA) is 18.5 Å². The molecule has 104 valence electrons. The van der Waals surface area contributed by atoms with Crippen LogP contribution in [0.2, 0.25) is 5.02 Å². The number of rotatable bonds is 4. The molecule has 3 aromatic carbocycles. The van der Waals surface area contributed by atoms with Gasteiger partial charge in [0, 0.05) is 11.1 Å². The summed E-state index contributed by atoms with van der Waals surface area (Å²) in [4.78, 5) is 0. The molecule has 3 aromatic rings. The van der Waals surface area contributed by atoms with Crippen molar-refractivity contribution in [3.05, 3.63) is 83.9 Å². The first kappa shape index (κ1) is 13.5. The van der Waals surface area contributed by atoms with E-state index in [0.29, 0.717) is 16.5 Å². The van der Waals surface area contributed by atoms with Crippen LogP contribution >= 0.6 is 11.6 Å². The lowest BCUT2D eigenvalue weighted by molar-refractivity contribution is 0.460. The van der Waals surface area contributed by atoms with E-state index in [0.717, 1.165) is 11.5 Å². The maximum atomic E-state index is 5.94. The number of hydrogen-bond donors (Lipinski definition) is 0. The first-order valence-electron chi connectivity index (χ1n) is 6.56. The van der Waals surface area contributed by atoms with E-state index in [-0.39, 0.29) is 0 Å². The van der Waals surface area contributed by atoms with Crippen molar-refractivity contribution in [3.8, 4) is 23.0 Å². The Morgan fingerprint density at radius 2 is 1.05 bits per heavy atom. The molecule has 0 aromatic heterocycles. The fourth-order valence-electron chi connectivity index (χ4n) is 1.89. The molecule has 0 amide bonds. The number of benzene rings is 3. The van der Waals surface area contributed by atoms with E-state index in [2.05, 4.69) is 0 Å². The van der Waals surface area contributed by atoms with Gasteiger partial charge in [-0.25, -0.2) is 0 Å². The Kier molecular flexibility index (Phi) is 4.08. The Balaban J connectivity index is 1.77. The molecule has 0 aliphatic rings. The third kappa shape index (κ3) is 3.77. The van der Waals surface area contributed by atoms with E-state index in [9.17, 15) is 0 Å². The summed E-state index contributed by atoms with van der Waals surface area (Å²) in [6.45, 7) is 0. The molecular formula is C18H13ClO2. The molecule has 0 saturated heterocycles. The van der Waals surface area contributed by atoms with Crippen LogP contribution in [0.5, 0.6) is 23.0 Å². The summed E-state index contributed by atoms with van der Waals surface area (Å²) >= 11 is 5.94. The van der Waals surface area contributed by atoms with Crippen molar-refractivity contribution in [2.75, 3.05) is 0 Å². The highest BCUT2D eigenvalue weighted by Crippen LogP contribution is 2.29. The summed E-state index contributed by atoms with van der Waals surface area (Å²) in [7, 11) is 0. The van der Waals surface area contributed by atoms with Crippen molar-refractivity contribution in [2.24, 2.45) is 0 Å². The fourth-order valence-corrected chi connectivity index (χ4v) is 2.07. The molecule has 0 unspecified atom stereocenters. The lowest BCUT2D eigenvalue weighted by atomic mass is 10.3. The number of halogens is 1.